The van der Waals surface area contributed by atoms with E-state index in [1.165, 1.54) is 6.26 Å². The van der Waals surface area contributed by atoms with E-state index in [0.29, 0.717) is 6.61 Å². The molecule has 0 amide bonds. The Labute approximate surface area is 104 Å². The lowest BCUT2D eigenvalue weighted by Gasteiger charge is -2.20. The van der Waals surface area contributed by atoms with E-state index in [2.05, 4.69) is 10.3 Å². The number of nitrogens with one attached hydrogen (secondary N) is 1. The third-order valence-electron chi connectivity index (χ3n) is 2.44. The van der Waals surface area contributed by atoms with E-state index in [1.54, 1.807) is 21.0 Å². The van der Waals surface area contributed by atoms with E-state index in [0.717, 1.165) is 0 Å². The van der Waals surface area contributed by atoms with Crippen molar-refractivity contribution in [2.75, 3.05) is 26.5 Å². The van der Waals surface area contributed by atoms with Crippen LogP contribution < -0.4 is 11.1 Å². The van der Waals surface area contributed by atoms with Gasteiger partial charge >= 0.3 is 0 Å². The average molecular weight is 265 g/mol. The van der Waals surface area contributed by atoms with E-state index in [1.807, 2.05) is 6.92 Å². The predicted molar refractivity (Wildman–Crippen MR) is 69.9 cm³/mol. The zero-order valence-electron chi connectivity index (χ0n) is 11.1. The molecule has 6 nitrogen and oxygen atoms in total. The minimum atomic E-state index is -3.15. The summed E-state index contributed by atoms with van der Waals surface area (Å²) >= 11 is 0. The minimum Gasteiger partial charge on any atom is -0.383 e. The van der Waals surface area contributed by atoms with E-state index < -0.39 is 14.6 Å². The van der Waals surface area contributed by atoms with Gasteiger partial charge in [0.05, 0.1) is 17.9 Å². The van der Waals surface area contributed by atoms with Crippen molar-refractivity contribution in [3.63, 3.8) is 0 Å². The third-order valence-corrected chi connectivity index (χ3v) is 4.58. The number of sulfone groups is 1. The van der Waals surface area contributed by atoms with Crippen molar-refractivity contribution < 1.29 is 13.2 Å². The van der Waals surface area contributed by atoms with Crippen LogP contribution in [0.5, 0.6) is 0 Å². The monoisotopic (exact) mass is 265 g/mol. The lowest BCUT2D eigenvalue weighted by Crippen LogP contribution is -2.42. The first-order valence-corrected chi connectivity index (χ1v) is 7.24. The third kappa shape index (κ3) is 5.88. The molecule has 0 rings (SSSR count). The number of rotatable bonds is 6. The molecule has 0 heterocycles. The lowest BCUT2D eigenvalue weighted by molar-refractivity contribution is 0.179. The van der Waals surface area contributed by atoms with Gasteiger partial charge in [0.1, 0.15) is 0 Å². The van der Waals surface area contributed by atoms with Crippen molar-refractivity contribution in [2.24, 2.45) is 10.7 Å². The summed E-state index contributed by atoms with van der Waals surface area (Å²) in [5.74, 6) is 0.228. The number of nitrogens with two attached hydrogens (primary N) is 1. The largest absolute Gasteiger partial charge is 0.383 e. The fourth-order valence-corrected chi connectivity index (χ4v) is 1.28. The van der Waals surface area contributed by atoms with Gasteiger partial charge < -0.3 is 15.8 Å². The molecule has 0 aliphatic heterocycles. The highest BCUT2D eigenvalue weighted by Crippen LogP contribution is 2.14. The molecule has 7 heteroatoms. The van der Waals surface area contributed by atoms with Crippen molar-refractivity contribution in [3.05, 3.63) is 0 Å². The first-order valence-electron chi connectivity index (χ1n) is 5.35. The predicted octanol–water partition coefficient (Wildman–Crippen LogP) is -0.251. The molecule has 0 aromatic rings. The number of hydrogen-bond donors (Lipinski definition) is 2. The molecule has 0 spiro atoms. The van der Waals surface area contributed by atoms with Gasteiger partial charge in [0.25, 0.3) is 0 Å². The van der Waals surface area contributed by atoms with Gasteiger partial charge in [0.2, 0.25) is 0 Å². The van der Waals surface area contributed by atoms with Gasteiger partial charge in [-0.25, -0.2) is 8.42 Å². The van der Waals surface area contributed by atoms with E-state index in [-0.39, 0.29) is 18.5 Å². The number of guanidine groups is 1. The van der Waals surface area contributed by atoms with Crippen LogP contribution in [0.3, 0.4) is 0 Å². The molecule has 0 aliphatic carbocycles. The molecule has 0 bridgehead atoms. The first kappa shape index (κ1) is 16.2. The van der Waals surface area contributed by atoms with Gasteiger partial charge in [-0.05, 0) is 20.8 Å². The Hall–Kier alpha value is -0.820. The zero-order chi connectivity index (χ0) is 13.7. The molecule has 0 saturated heterocycles. The van der Waals surface area contributed by atoms with Crippen LogP contribution in [0.2, 0.25) is 0 Å². The Bertz CT molecular complexity index is 363. The SMILES string of the molecule is COCC(C)NC(N)=NCC(C)(C)S(C)(=O)=O. The summed E-state index contributed by atoms with van der Waals surface area (Å²) in [5.41, 5.74) is 5.64. The normalized spacial score (nSPS) is 15.7. The Morgan fingerprint density at radius 3 is 2.47 bits per heavy atom. The van der Waals surface area contributed by atoms with Crippen LogP contribution in [-0.2, 0) is 14.6 Å². The molecule has 3 N–H and O–H groups in total. The standard InChI is InChI=1S/C10H23N3O3S/c1-8(6-16-4)13-9(11)12-7-10(2,3)17(5,14)15/h8H,6-7H2,1-5H3,(H3,11,12,13). The van der Waals surface area contributed by atoms with Gasteiger partial charge in [-0.1, -0.05) is 0 Å². The van der Waals surface area contributed by atoms with Gasteiger partial charge in [0.15, 0.2) is 15.8 Å². The van der Waals surface area contributed by atoms with Crippen LogP contribution in [0, 0.1) is 0 Å². The molecular weight excluding hydrogens is 242 g/mol. The van der Waals surface area contributed by atoms with E-state index >= 15 is 0 Å². The van der Waals surface area contributed by atoms with Gasteiger partial charge in [0, 0.05) is 19.4 Å². The molecule has 0 aromatic carbocycles. The number of methoxy groups -OCH3 is 1. The molecule has 0 saturated carbocycles. The van der Waals surface area contributed by atoms with Crippen LogP contribution in [-0.4, -0.2) is 51.7 Å². The Balaban J connectivity index is 4.43. The highest BCUT2D eigenvalue weighted by molar-refractivity contribution is 7.92. The summed E-state index contributed by atoms with van der Waals surface area (Å²) in [6.07, 6.45) is 1.19. The van der Waals surface area contributed by atoms with Crippen molar-refractivity contribution in [1.29, 1.82) is 0 Å². The second-order valence-corrected chi connectivity index (χ2v) is 7.38. The topological polar surface area (TPSA) is 93.8 Å². The van der Waals surface area contributed by atoms with Gasteiger partial charge in [-0.2, -0.15) is 0 Å². The van der Waals surface area contributed by atoms with Gasteiger partial charge in [-0.15, -0.1) is 0 Å². The summed E-state index contributed by atoms with van der Waals surface area (Å²) < 4.78 is 26.9. The van der Waals surface area contributed by atoms with Crippen molar-refractivity contribution in [3.8, 4) is 0 Å². The molecule has 0 radical (unpaired) electrons. The second kappa shape index (κ2) is 6.20. The smallest absolute Gasteiger partial charge is 0.188 e. The number of aliphatic imine (C=N–C) groups is 1. The van der Waals surface area contributed by atoms with E-state index in [4.69, 9.17) is 10.5 Å². The fourth-order valence-electron chi connectivity index (χ4n) is 0.983. The highest BCUT2D eigenvalue weighted by Gasteiger charge is 2.29. The van der Waals surface area contributed by atoms with Gasteiger partial charge in [-0.3, -0.25) is 4.99 Å². The molecule has 0 aromatic heterocycles. The van der Waals surface area contributed by atoms with Crippen LogP contribution in [0.1, 0.15) is 20.8 Å². The van der Waals surface area contributed by atoms with Crippen molar-refractivity contribution >= 4 is 15.8 Å². The zero-order valence-corrected chi connectivity index (χ0v) is 12.0. The summed E-state index contributed by atoms with van der Waals surface area (Å²) in [7, 11) is -1.56. The fraction of sp³-hybridized carbons (Fsp3) is 0.900. The maximum atomic E-state index is 11.4. The number of ether oxygens (including phenoxy) is 1. The maximum Gasteiger partial charge on any atom is 0.188 e. The average Bonchev–Trinajstić information content (AvgIpc) is 2.13. The molecule has 0 fully saturated rings. The lowest BCUT2D eigenvalue weighted by atomic mass is 10.2. The van der Waals surface area contributed by atoms with Crippen molar-refractivity contribution in [2.45, 2.75) is 31.6 Å². The Morgan fingerprint density at radius 1 is 1.53 bits per heavy atom. The molecule has 102 valence electrons. The summed E-state index contributed by atoms with van der Waals surface area (Å²) in [4.78, 5) is 4.03. The highest BCUT2D eigenvalue weighted by atomic mass is 32.2. The second-order valence-electron chi connectivity index (χ2n) is 4.73. The molecule has 17 heavy (non-hydrogen) atoms. The number of hydrogen-bond acceptors (Lipinski definition) is 4. The maximum absolute atomic E-state index is 11.4. The Morgan fingerprint density at radius 2 is 2.06 bits per heavy atom. The van der Waals surface area contributed by atoms with Crippen LogP contribution in [0.4, 0.5) is 0 Å². The van der Waals surface area contributed by atoms with Crippen LogP contribution in [0.25, 0.3) is 0 Å². The van der Waals surface area contributed by atoms with Crippen molar-refractivity contribution in [1.82, 2.24) is 5.32 Å². The quantitative estimate of drug-likeness (QED) is 0.510. The molecule has 0 aliphatic rings. The first-order chi connectivity index (χ1) is 7.60. The van der Waals surface area contributed by atoms with E-state index in [9.17, 15) is 8.42 Å². The number of nitrogens with zero attached hydrogens (tertiary/aromatic N) is 1. The minimum absolute atomic E-state index is 0.0325. The molecule has 1 atom stereocenters. The van der Waals surface area contributed by atoms with Crippen LogP contribution in [0.15, 0.2) is 4.99 Å². The summed E-state index contributed by atoms with van der Waals surface area (Å²) in [5, 5.41) is 2.91. The molecule has 1 unspecified atom stereocenters. The summed E-state index contributed by atoms with van der Waals surface area (Å²) in [6, 6.07) is 0.0325. The summed E-state index contributed by atoms with van der Waals surface area (Å²) in [6.45, 7) is 5.78. The molecular formula is C10H23N3O3S. The van der Waals surface area contributed by atoms with Crippen LogP contribution >= 0.6 is 0 Å². The Kier molecular flexibility index (Phi) is 5.91.